The highest BCUT2D eigenvalue weighted by Gasteiger charge is 2.13. The number of rotatable bonds is 10. The molecule has 3 rings (SSSR count). The van der Waals surface area contributed by atoms with Crippen LogP contribution in [0.5, 0.6) is 5.75 Å². The van der Waals surface area contributed by atoms with E-state index in [1.54, 1.807) is 42.6 Å². The Labute approximate surface area is 188 Å². The summed E-state index contributed by atoms with van der Waals surface area (Å²) in [6.45, 7) is 3.24. The normalized spacial score (nSPS) is 12.0. The Kier molecular flexibility index (Phi) is 8.52. The number of methoxy groups -OCH3 is 1. The fraction of sp³-hybridized carbons (Fsp3) is 0.231. The highest BCUT2D eigenvalue weighted by Crippen LogP contribution is 2.18. The van der Waals surface area contributed by atoms with Crippen molar-refractivity contribution in [1.82, 2.24) is 9.88 Å². The first-order valence-electron chi connectivity index (χ1n) is 10.4. The van der Waals surface area contributed by atoms with Crippen LogP contribution in [0.2, 0.25) is 0 Å². The number of nitrogens with zero attached hydrogens (tertiary/aromatic N) is 2. The Hall–Kier alpha value is -3.51. The molecular formula is C26H27FN2O3. The van der Waals surface area contributed by atoms with E-state index in [1.807, 2.05) is 43.3 Å². The highest BCUT2D eigenvalue weighted by atomic mass is 19.1. The van der Waals surface area contributed by atoms with Crippen molar-refractivity contribution in [3.8, 4) is 5.75 Å². The van der Waals surface area contributed by atoms with Gasteiger partial charge in [-0.3, -0.25) is 9.78 Å². The molecule has 0 saturated carbocycles. The molecule has 166 valence electrons. The monoisotopic (exact) mass is 434 g/mol. The van der Waals surface area contributed by atoms with Crippen molar-refractivity contribution < 1.29 is 18.7 Å². The molecule has 0 aliphatic rings. The molecule has 0 radical (unpaired) electrons. The molecule has 3 aromatic rings. The zero-order chi connectivity index (χ0) is 22.8. The molecule has 32 heavy (non-hydrogen) atoms. The zero-order valence-corrected chi connectivity index (χ0v) is 18.3. The van der Waals surface area contributed by atoms with Crippen LogP contribution in [0.25, 0.3) is 6.08 Å². The zero-order valence-electron chi connectivity index (χ0n) is 18.3. The standard InChI is InChI=1S/C26H27FN2O3/c1-20(19-31-2)32-25-8-4-6-23(16-25)18-29(17-22-11-13-28-14-12-22)26(30)10-9-21-5-3-7-24(27)15-21/h3-16,20H,17-19H2,1-2H3/b10-9+. The molecule has 1 unspecified atom stereocenters. The molecule has 1 aromatic heterocycles. The smallest absolute Gasteiger partial charge is 0.247 e. The topological polar surface area (TPSA) is 51.7 Å². The summed E-state index contributed by atoms with van der Waals surface area (Å²) in [4.78, 5) is 18.8. The van der Waals surface area contributed by atoms with Crippen LogP contribution in [-0.4, -0.2) is 35.6 Å². The van der Waals surface area contributed by atoms with E-state index in [0.29, 0.717) is 25.3 Å². The van der Waals surface area contributed by atoms with Crippen molar-refractivity contribution in [3.05, 3.63) is 102 Å². The fourth-order valence-electron chi connectivity index (χ4n) is 3.24. The number of aromatic nitrogens is 1. The summed E-state index contributed by atoms with van der Waals surface area (Å²) in [5.41, 5.74) is 2.53. The quantitative estimate of drug-likeness (QED) is 0.427. The molecule has 2 aromatic carbocycles. The maximum absolute atomic E-state index is 13.4. The van der Waals surface area contributed by atoms with E-state index in [9.17, 15) is 9.18 Å². The van der Waals surface area contributed by atoms with Crippen LogP contribution in [-0.2, 0) is 22.6 Å². The third-order valence-corrected chi connectivity index (χ3v) is 4.71. The lowest BCUT2D eigenvalue weighted by Crippen LogP contribution is -2.28. The average molecular weight is 435 g/mol. The molecule has 0 saturated heterocycles. The summed E-state index contributed by atoms with van der Waals surface area (Å²) < 4.78 is 24.5. The molecule has 0 N–H and O–H groups in total. The van der Waals surface area contributed by atoms with Crippen molar-refractivity contribution >= 4 is 12.0 Å². The summed E-state index contributed by atoms with van der Waals surface area (Å²) >= 11 is 0. The van der Waals surface area contributed by atoms with Gasteiger partial charge >= 0.3 is 0 Å². The van der Waals surface area contributed by atoms with Crippen LogP contribution in [0.15, 0.2) is 79.1 Å². The van der Waals surface area contributed by atoms with E-state index < -0.39 is 0 Å². The summed E-state index contributed by atoms with van der Waals surface area (Å²) in [6.07, 6.45) is 6.41. The van der Waals surface area contributed by atoms with E-state index in [4.69, 9.17) is 9.47 Å². The van der Waals surface area contributed by atoms with Crippen molar-refractivity contribution in [3.63, 3.8) is 0 Å². The van der Waals surface area contributed by atoms with E-state index in [-0.39, 0.29) is 17.8 Å². The van der Waals surface area contributed by atoms with Gasteiger partial charge < -0.3 is 14.4 Å². The lowest BCUT2D eigenvalue weighted by molar-refractivity contribution is -0.127. The lowest BCUT2D eigenvalue weighted by Gasteiger charge is -2.22. The second kappa shape index (κ2) is 11.8. The highest BCUT2D eigenvalue weighted by molar-refractivity contribution is 5.91. The molecule has 0 fully saturated rings. The SMILES string of the molecule is COCC(C)Oc1cccc(CN(Cc2ccncc2)C(=O)/C=C/c2cccc(F)c2)c1. The van der Waals surface area contributed by atoms with Gasteiger partial charge in [-0.25, -0.2) is 4.39 Å². The van der Waals surface area contributed by atoms with Gasteiger partial charge in [-0.15, -0.1) is 0 Å². The molecule has 1 heterocycles. The van der Waals surface area contributed by atoms with E-state index in [2.05, 4.69) is 4.98 Å². The van der Waals surface area contributed by atoms with Gasteiger partial charge in [0.15, 0.2) is 0 Å². The number of benzene rings is 2. The molecule has 0 spiro atoms. The summed E-state index contributed by atoms with van der Waals surface area (Å²) in [5, 5.41) is 0. The third kappa shape index (κ3) is 7.32. The van der Waals surface area contributed by atoms with E-state index in [1.165, 1.54) is 18.2 Å². The first kappa shape index (κ1) is 23.2. The summed E-state index contributed by atoms with van der Waals surface area (Å²) in [6, 6.07) is 17.6. The Morgan fingerprint density at radius 3 is 2.56 bits per heavy atom. The Bertz CT molecular complexity index is 1040. The number of halogens is 1. The maximum Gasteiger partial charge on any atom is 0.247 e. The number of pyridine rings is 1. The maximum atomic E-state index is 13.4. The minimum absolute atomic E-state index is 0.0843. The van der Waals surface area contributed by atoms with Crippen LogP contribution >= 0.6 is 0 Å². The van der Waals surface area contributed by atoms with Crippen LogP contribution in [0.1, 0.15) is 23.6 Å². The lowest BCUT2D eigenvalue weighted by atomic mass is 10.1. The van der Waals surface area contributed by atoms with Crippen molar-refractivity contribution in [2.75, 3.05) is 13.7 Å². The number of amides is 1. The largest absolute Gasteiger partial charge is 0.488 e. The first-order chi connectivity index (χ1) is 15.5. The number of carbonyl (C=O) groups is 1. The Morgan fingerprint density at radius 2 is 1.81 bits per heavy atom. The van der Waals surface area contributed by atoms with Gasteiger partial charge in [-0.2, -0.15) is 0 Å². The second-order valence-corrected chi connectivity index (χ2v) is 7.47. The minimum Gasteiger partial charge on any atom is -0.488 e. The fourth-order valence-corrected chi connectivity index (χ4v) is 3.24. The van der Waals surface area contributed by atoms with Gasteiger partial charge in [-0.05, 0) is 66.1 Å². The Balaban J connectivity index is 1.77. The molecule has 1 amide bonds. The molecule has 1 atom stereocenters. The van der Waals surface area contributed by atoms with Crippen molar-refractivity contribution in [2.24, 2.45) is 0 Å². The minimum atomic E-state index is -0.340. The van der Waals surface area contributed by atoms with Crippen LogP contribution in [0, 0.1) is 5.82 Å². The van der Waals surface area contributed by atoms with Gasteiger partial charge in [0.1, 0.15) is 17.7 Å². The van der Waals surface area contributed by atoms with Crippen LogP contribution < -0.4 is 4.74 Å². The van der Waals surface area contributed by atoms with Gasteiger partial charge in [-0.1, -0.05) is 24.3 Å². The third-order valence-electron chi connectivity index (χ3n) is 4.71. The van der Waals surface area contributed by atoms with Crippen LogP contribution in [0.3, 0.4) is 0 Å². The van der Waals surface area contributed by atoms with E-state index >= 15 is 0 Å². The van der Waals surface area contributed by atoms with Gasteiger partial charge in [0.25, 0.3) is 0 Å². The number of carbonyl (C=O) groups excluding carboxylic acids is 1. The van der Waals surface area contributed by atoms with Gasteiger partial charge in [0.2, 0.25) is 5.91 Å². The number of hydrogen-bond donors (Lipinski definition) is 0. The number of hydrogen-bond acceptors (Lipinski definition) is 4. The molecule has 0 aliphatic heterocycles. The molecule has 6 heteroatoms. The van der Waals surface area contributed by atoms with Gasteiger partial charge in [0, 0.05) is 38.7 Å². The first-order valence-corrected chi connectivity index (χ1v) is 10.4. The van der Waals surface area contributed by atoms with E-state index in [0.717, 1.165) is 16.9 Å². The van der Waals surface area contributed by atoms with Crippen molar-refractivity contribution in [1.29, 1.82) is 0 Å². The molecule has 0 aliphatic carbocycles. The average Bonchev–Trinajstić information content (AvgIpc) is 2.78. The van der Waals surface area contributed by atoms with Crippen molar-refractivity contribution in [2.45, 2.75) is 26.1 Å². The summed E-state index contributed by atoms with van der Waals surface area (Å²) in [7, 11) is 1.64. The molecular weight excluding hydrogens is 407 g/mol. The summed E-state index contributed by atoms with van der Waals surface area (Å²) in [5.74, 6) is 0.205. The van der Waals surface area contributed by atoms with Crippen LogP contribution in [0.4, 0.5) is 4.39 Å². The predicted molar refractivity (Wildman–Crippen MR) is 122 cm³/mol. The second-order valence-electron chi connectivity index (χ2n) is 7.47. The predicted octanol–water partition coefficient (Wildman–Crippen LogP) is 4.88. The van der Waals surface area contributed by atoms with Gasteiger partial charge in [0.05, 0.1) is 6.61 Å². The Morgan fingerprint density at radius 1 is 1.06 bits per heavy atom. The molecule has 5 nitrogen and oxygen atoms in total. The molecule has 0 bridgehead atoms. The number of ether oxygens (including phenoxy) is 2.